The molecule has 0 bridgehead atoms. The van der Waals surface area contributed by atoms with Crippen molar-refractivity contribution < 1.29 is 9.59 Å². The minimum Gasteiger partial charge on any atom is -0.354 e. The quantitative estimate of drug-likeness (QED) is 0.920. The minimum atomic E-state index is -0.439. The molecule has 0 unspecified atom stereocenters. The number of para-hydroxylation sites is 1. The summed E-state index contributed by atoms with van der Waals surface area (Å²) in [4.78, 5) is 26.6. The lowest BCUT2D eigenvalue weighted by atomic mass is 10.1. The lowest BCUT2D eigenvalue weighted by molar-refractivity contribution is -0.126. The molecule has 0 radical (unpaired) electrons. The Bertz CT molecular complexity index is 727. The van der Waals surface area contributed by atoms with E-state index in [0.717, 1.165) is 17.7 Å². The van der Waals surface area contributed by atoms with Gasteiger partial charge in [-0.3, -0.25) is 14.5 Å². The van der Waals surface area contributed by atoms with Gasteiger partial charge in [-0.2, -0.15) is 0 Å². The summed E-state index contributed by atoms with van der Waals surface area (Å²) in [6, 6.07) is 17.4. The van der Waals surface area contributed by atoms with Crippen LogP contribution in [0.25, 0.3) is 0 Å². The molecular formula is C20H22N2O2. The highest BCUT2D eigenvalue weighted by Gasteiger charge is 2.37. The number of carbonyl (C=O) groups is 2. The van der Waals surface area contributed by atoms with Crippen molar-refractivity contribution in [1.82, 2.24) is 5.32 Å². The summed E-state index contributed by atoms with van der Waals surface area (Å²) in [7, 11) is 0. The second-order valence-electron chi connectivity index (χ2n) is 5.99. The largest absolute Gasteiger partial charge is 0.354 e. The molecule has 1 aliphatic heterocycles. The van der Waals surface area contributed by atoms with E-state index in [1.54, 1.807) is 4.90 Å². The van der Waals surface area contributed by atoms with E-state index < -0.39 is 6.04 Å². The third-order valence-electron chi connectivity index (χ3n) is 4.41. The molecule has 0 aliphatic carbocycles. The predicted octanol–water partition coefficient (Wildman–Crippen LogP) is 2.71. The van der Waals surface area contributed by atoms with Crippen LogP contribution in [0.3, 0.4) is 0 Å². The first-order valence-electron chi connectivity index (χ1n) is 8.42. The molecule has 0 aromatic heterocycles. The van der Waals surface area contributed by atoms with Crippen molar-refractivity contribution in [2.75, 3.05) is 11.4 Å². The zero-order chi connectivity index (χ0) is 16.9. The number of nitrogens with one attached hydrogen (secondary N) is 1. The van der Waals surface area contributed by atoms with E-state index in [4.69, 9.17) is 0 Å². The molecule has 24 heavy (non-hydrogen) atoms. The van der Waals surface area contributed by atoms with Crippen LogP contribution in [-0.4, -0.2) is 24.4 Å². The van der Waals surface area contributed by atoms with Crippen LogP contribution in [0.2, 0.25) is 0 Å². The van der Waals surface area contributed by atoms with Crippen molar-refractivity contribution >= 4 is 17.5 Å². The Balaban J connectivity index is 1.66. The molecular weight excluding hydrogens is 300 g/mol. The lowest BCUT2D eigenvalue weighted by Crippen LogP contribution is -2.48. The fourth-order valence-corrected chi connectivity index (χ4v) is 3.17. The van der Waals surface area contributed by atoms with Crippen molar-refractivity contribution in [1.29, 1.82) is 0 Å². The van der Waals surface area contributed by atoms with Crippen LogP contribution in [-0.2, 0) is 22.4 Å². The molecule has 0 spiro atoms. The summed E-state index contributed by atoms with van der Waals surface area (Å²) in [5.41, 5.74) is 3.11. The van der Waals surface area contributed by atoms with Gasteiger partial charge < -0.3 is 5.32 Å². The summed E-state index contributed by atoms with van der Waals surface area (Å²) >= 11 is 0. The Labute approximate surface area is 142 Å². The molecule has 4 heteroatoms. The molecule has 0 saturated carbocycles. The maximum absolute atomic E-state index is 12.6. The molecule has 2 amide bonds. The zero-order valence-corrected chi connectivity index (χ0v) is 13.9. The SMILES string of the molecule is CCC(=O)N1c2ccccc2C[C@@H]1C(=O)NCCc1ccccc1. The highest BCUT2D eigenvalue weighted by Crippen LogP contribution is 2.32. The highest BCUT2D eigenvalue weighted by molar-refractivity contribution is 6.03. The first-order valence-corrected chi connectivity index (χ1v) is 8.42. The topological polar surface area (TPSA) is 49.4 Å². The molecule has 2 aromatic carbocycles. The Morgan fingerprint density at radius 3 is 2.54 bits per heavy atom. The van der Waals surface area contributed by atoms with Gasteiger partial charge in [0.25, 0.3) is 0 Å². The van der Waals surface area contributed by atoms with Crippen LogP contribution in [0.1, 0.15) is 24.5 Å². The van der Waals surface area contributed by atoms with Gasteiger partial charge in [0.1, 0.15) is 6.04 Å². The van der Waals surface area contributed by atoms with Gasteiger partial charge in [-0.1, -0.05) is 55.5 Å². The minimum absolute atomic E-state index is 0.0110. The number of amides is 2. The molecule has 3 rings (SSSR count). The van der Waals surface area contributed by atoms with Gasteiger partial charge in [-0.15, -0.1) is 0 Å². The van der Waals surface area contributed by atoms with E-state index in [0.29, 0.717) is 19.4 Å². The third-order valence-corrected chi connectivity index (χ3v) is 4.41. The Morgan fingerprint density at radius 2 is 1.79 bits per heavy atom. The average molecular weight is 322 g/mol. The second kappa shape index (κ2) is 7.30. The summed E-state index contributed by atoms with van der Waals surface area (Å²) < 4.78 is 0. The van der Waals surface area contributed by atoms with Crippen LogP contribution < -0.4 is 10.2 Å². The molecule has 4 nitrogen and oxygen atoms in total. The molecule has 0 fully saturated rings. The van der Waals surface area contributed by atoms with Crippen LogP contribution in [0, 0.1) is 0 Å². The van der Waals surface area contributed by atoms with Gasteiger partial charge in [-0.25, -0.2) is 0 Å². The fourth-order valence-electron chi connectivity index (χ4n) is 3.17. The number of carbonyl (C=O) groups excluding carboxylic acids is 2. The number of benzene rings is 2. The Morgan fingerprint density at radius 1 is 1.08 bits per heavy atom. The molecule has 124 valence electrons. The summed E-state index contributed by atoms with van der Waals surface area (Å²) in [5, 5.41) is 2.98. The maximum Gasteiger partial charge on any atom is 0.243 e. The molecule has 1 aliphatic rings. The number of hydrogen-bond donors (Lipinski definition) is 1. The molecule has 1 atom stereocenters. The first kappa shape index (κ1) is 16.2. The van der Waals surface area contributed by atoms with Crippen molar-refractivity contribution in [2.24, 2.45) is 0 Å². The van der Waals surface area contributed by atoms with Gasteiger partial charge in [0, 0.05) is 25.1 Å². The zero-order valence-electron chi connectivity index (χ0n) is 13.9. The predicted molar refractivity (Wildman–Crippen MR) is 94.9 cm³/mol. The number of anilines is 1. The number of rotatable bonds is 5. The van der Waals surface area contributed by atoms with E-state index in [1.807, 2.05) is 61.5 Å². The van der Waals surface area contributed by atoms with E-state index in [2.05, 4.69) is 5.32 Å². The van der Waals surface area contributed by atoms with E-state index in [9.17, 15) is 9.59 Å². The molecule has 1 N–H and O–H groups in total. The van der Waals surface area contributed by atoms with Crippen LogP contribution >= 0.6 is 0 Å². The smallest absolute Gasteiger partial charge is 0.243 e. The fraction of sp³-hybridized carbons (Fsp3) is 0.300. The normalized spacial score (nSPS) is 15.9. The van der Waals surface area contributed by atoms with Crippen LogP contribution in [0.4, 0.5) is 5.69 Å². The van der Waals surface area contributed by atoms with Gasteiger partial charge in [0.15, 0.2) is 0 Å². The Kier molecular flexibility index (Phi) is 4.94. The van der Waals surface area contributed by atoms with Gasteiger partial charge >= 0.3 is 0 Å². The summed E-state index contributed by atoms with van der Waals surface area (Å²) in [5.74, 6) is -0.0907. The van der Waals surface area contributed by atoms with Crippen molar-refractivity contribution in [2.45, 2.75) is 32.2 Å². The highest BCUT2D eigenvalue weighted by atomic mass is 16.2. The van der Waals surface area contributed by atoms with Crippen molar-refractivity contribution in [3.05, 3.63) is 65.7 Å². The third kappa shape index (κ3) is 3.32. The second-order valence-corrected chi connectivity index (χ2v) is 5.99. The monoisotopic (exact) mass is 322 g/mol. The van der Waals surface area contributed by atoms with E-state index >= 15 is 0 Å². The van der Waals surface area contributed by atoms with E-state index in [-0.39, 0.29) is 11.8 Å². The molecule has 2 aromatic rings. The maximum atomic E-state index is 12.6. The number of fused-ring (bicyclic) bond motifs is 1. The standard InChI is InChI=1S/C20H22N2O2/c1-2-19(23)22-17-11-7-6-10-16(17)14-18(22)20(24)21-13-12-15-8-4-3-5-9-15/h3-11,18H,2,12-14H2,1H3,(H,21,24)/t18-/m1/s1. The summed E-state index contributed by atoms with van der Waals surface area (Å²) in [6.45, 7) is 2.40. The van der Waals surface area contributed by atoms with Crippen molar-refractivity contribution in [3.8, 4) is 0 Å². The lowest BCUT2D eigenvalue weighted by Gasteiger charge is -2.24. The number of hydrogen-bond acceptors (Lipinski definition) is 2. The Hall–Kier alpha value is -2.62. The van der Waals surface area contributed by atoms with Crippen LogP contribution in [0.5, 0.6) is 0 Å². The van der Waals surface area contributed by atoms with Gasteiger partial charge in [0.2, 0.25) is 11.8 Å². The van der Waals surface area contributed by atoms with Gasteiger partial charge in [0.05, 0.1) is 0 Å². The van der Waals surface area contributed by atoms with Crippen molar-refractivity contribution in [3.63, 3.8) is 0 Å². The number of nitrogens with zero attached hydrogens (tertiary/aromatic N) is 1. The molecule has 1 heterocycles. The van der Waals surface area contributed by atoms with Gasteiger partial charge in [-0.05, 0) is 23.6 Å². The average Bonchev–Trinajstić information content (AvgIpc) is 3.01. The first-order chi connectivity index (χ1) is 11.7. The summed E-state index contributed by atoms with van der Waals surface area (Å²) in [6.07, 6.45) is 1.76. The van der Waals surface area contributed by atoms with Crippen LogP contribution in [0.15, 0.2) is 54.6 Å². The molecule has 0 saturated heterocycles. The van der Waals surface area contributed by atoms with E-state index in [1.165, 1.54) is 5.56 Å².